The normalized spacial score (nSPS) is 10.7. The van der Waals surface area contributed by atoms with Gasteiger partial charge in [0.05, 0.1) is 32.4 Å². The molecule has 1 heterocycles. The van der Waals surface area contributed by atoms with Crippen molar-refractivity contribution in [2.45, 2.75) is 26.8 Å². The lowest BCUT2D eigenvalue weighted by Crippen LogP contribution is -2.16. The zero-order valence-electron chi connectivity index (χ0n) is 17.2. The predicted molar refractivity (Wildman–Crippen MR) is 121 cm³/mol. The molecule has 0 aliphatic heterocycles. The largest absolute Gasteiger partial charge is 0.496 e. The van der Waals surface area contributed by atoms with E-state index in [1.807, 2.05) is 44.2 Å². The molecule has 0 amide bonds. The quantitative estimate of drug-likeness (QED) is 0.415. The van der Waals surface area contributed by atoms with Crippen LogP contribution in [0.4, 0.5) is 0 Å². The van der Waals surface area contributed by atoms with Crippen molar-refractivity contribution in [1.29, 1.82) is 0 Å². The van der Waals surface area contributed by atoms with Gasteiger partial charge in [0.25, 0.3) is 0 Å². The number of benzene rings is 2. The molecule has 30 heavy (non-hydrogen) atoms. The van der Waals surface area contributed by atoms with Gasteiger partial charge in [-0.15, -0.1) is 0 Å². The van der Waals surface area contributed by atoms with E-state index in [2.05, 4.69) is 15.6 Å². The topological polar surface area (TPSA) is 73.3 Å². The van der Waals surface area contributed by atoms with Crippen LogP contribution in [0.3, 0.4) is 0 Å². The van der Waals surface area contributed by atoms with Gasteiger partial charge in [-0.1, -0.05) is 30.7 Å². The number of aromatic nitrogens is 3. The van der Waals surface area contributed by atoms with E-state index in [4.69, 9.17) is 38.0 Å². The molecule has 0 aliphatic rings. The summed E-state index contributed by atoms with van der Waals surface area (Å²) < 4.78 is 19.1. The maximum atomic E-state index is 6.51. The number of hydrogen-bond acceptors (Lipinski definition) is 6. The molecule has 3 aromatic rings. The third-order valence-corrected chi connectivity index (χ3v) is 4.95. The molecular weight excluding hydrogens is 424 g/mol. The Kier molecular flexibility index (Phi) is 7.59. The van der Waals surface area contributed by atoms with Crippen LogP contribution in [0.15, 0.2) is 36.4 Å². The minimum absolute atomic E-state index is 0.406. The highest BCUT2D eigenvalue weighted by Gasteiger charge is 2.15. The van der Waals surface area contributed by atoms with Gasteiger partial charge < -0.3 is 19.6 Å². The van der Waals surface area contributed by atoms with Crippen LogP contribution in [0, 0.1) is 4.77 Å². The van der Waals surface area contributed by atoms with Gasteiger partial charge in [0.15, 0.2) is 17.3 Å². The molecule has 160 valence electrons. The highest BCUT2D eigenvalue weighted by atomic mass is 35.5. The molecule has 0 saturated carbocycles. The van der Waals surface area contributed by atoms with Crippen LogP contribution >= 0.6 is 23.8 Å². The van der Waals surface area contributed by atoms with Crippen molar-refractivity contribution in [3.05, 3.63) is 51.8 Å². The Labute approximate surface area is 185 Å². The van der Waals surface area contributed by atoms with E-state index in [0.29, 0.717) is 52.6 Å². The molecule has 0 bridgehead atoms. The van der Waals surface area contributed by atoms with Gasteiger partial charge >= 0.3 is 0 Å². The molecule has 2 aromatic carbocycles. The molecule has 0 spiro atoms. The minimum Gasteiger partial charge on any atom is -0.496 e. The van der Waals surface area contributed by atoms with E-state index >= 15 is 0 Å². The zero-order valence-corrected chi connectivity index (χ0v) is 18.8. The Balaban J connectivity index is 1.88. The molecule has 1 aromatic heterocycles. The van der Waals surface area contributed by atoms with Crippen molar-refractivity contribution in [2.75, 3.05) is 25.7 Å². The fraction of sp³-hybridized carbons (Fsp3) is 0.333. The smallest absolute Gasteiger partial charge is 0.214 e. The second-order valence-corrected chi connectivity index (χ2v) is 7.19. The Hall–Kier alpha value is -2.71. The van der Waals surface area contributed by atoms with Crippen molar-refractivity contribution < 1.29 is 14.2 Å². The molecule has 0 unspecified atom stereocenters. The number of halogens is 1. The van der Waals surface area contributed by atoms with Gasteiger partial charge in [-0.3, -0.25) is 0 Å². The first-order chi connectivity index (χ1) is 14.6. The van der Waals surface area contributed by atoms with Crippen LogP contribution in [0.1, 0.15) is 25.8 Å². The van der Waals surface area contributed by atoms with Crippen LogP contribution < -0.4 is 19.6 Å². The Bertz CT molecular complexity index is 1050. The molecule has 7 nitrogen and oxygen atoms in total. The van der Waals surface area contributed by atoms with Crippen LogP contribution in [-0.2, 0) is 6.54 Å². The van der Waals surface area contributed by atoms with Crippen molar-refractivity contribution >= 4 is 23.8 Å². The van der Waals surface area contributed by atoms with E-state index in [-0.39, 0.29) is 0 Å². The van der Waals surface area contributed by atoms with Crippen molar-refractivity contribution in [1.82, 2.24) is 14.9 Å². The molecule has 0 saturated heterocycles. The Morgan fingerprint density at radius 2 is 1.90 bits per heavy atom. The molecule has 0 aliphatic carbocycles. The molecule has 0 radical (unpaired) electrons. The number of ether oxygens (including phenoxy) is 3. The molecule has 2 N–H and O–H groups in total. The number of methoxy groups -OCH3 is 1. The highest BCUT2D eigenvalue weighted by molar-refractivity contribution is 7.71. The monoisotopic (exact) mass is 448 g/mol. The summed E-state index contributed by atoms with van der Waals surface area (Å²) in [6.07, 6.45) is 0.900. The summed E-state index contributed by atoms with van der Waals surface area (Å²) in [5.74, 6) is 2.61. The SMILES string of the molecule is CCCOc1cc(Cl)c(CNn2c(-c3ccccc3OC)n[nH]c2=S)cc1OCC. The number of nitrogens with zero attached hydrogens (tertiary/aromatic N) is 2. The first-order valence-electron chi connectivity index (χ1n) is 9.71. The second-order valence-electron chi connectivity index (χ2n) is 6.39. The van der Waals surface area contributed by atoms with E-state index in [1.54, 1.807) is 17.9 Å². The van der Waals surface area contributed by atoms with Crippen molar-refractivity contribution in [3.63, 3.8) is 0 Å². The molecular formula is C21H25ClN4O3S. The third kappa shape index (κ3) is 4.88. The standard InChI is InChI=1S/C21H25ClN4O3S/c1-4-10-29-19-12-16(22)14(11-18(19)28-5-2)13-23-26-20(24-25-21(26)30)15-8-6-7-9-17(15)27-3/h6-9,11-12,23H,4-5,10,13H2,1-3H3,(H,25,30). The number of aromatic amines is 1. The lowest BCUT2D eigenvalue weighted by atomic mass is 10.2. The Morgan fingerprint density at radius 1 is 1.13 bits per heavy atom. The highest BCUT2D eigenvalue weighted by Crippen LogP contribution is 2.34. The minimum atomic E-state index is 0.406. The second kappa shape index (κ2) is 10.4. The number of para-hydroxylation sites is 1. The molecule has 0 atom stereocenters. The zero-order chi connectivity index (χ0) is 21.5. The maximum Gasteiger partial charge on any atom is 0.214 e. The number of hydrogen-bond donors (Lipinski definition) is 2. The van der Waals surface area contributed by atoms with E-state index in [1.165, 1.54) is 0 Å². The molecule has 3 rings (SSSR count). The van der Waals surface area contributed by atoms with Gasteiger partial charge in [0.2, 0.25) is 4.77 Å². The average molecular weight is 449 g/mol. The van der Waals surface area contributed by atoms with Crippen LogP contribution in [0.2, 0.25) is 5.02 Å². The summed E-state index contributed by atoms with van der Waals surface area (Å²) >= 11 is 11.9. The summed E-state index contributed by atoms with van der Waals surface area (Å²) in [6, 6.07) is 11.3. The maximum absolute atomic E-state index is 6.51. The van der Waals surface area contributed by atoms with Gasteiger partial charge in [-0.2, -0.15) is 5.10 Å². The fourth-order valence-corrected chi connectivity index (χ4v) is 3.34. The number of nitrogens with one attached hydrogen (secondary N) is 2. The third-order valence-electron chi connectivity index (χ3n) is 4.32. The van der Waals surface area contributed by atoms with E-state index < -0.39 is 0 Å². The van der Waals surface area contributed by atoms with E-state index in [0.717, 1.165) is 17.5 Å². The fourth-order valence-electron chi connectivity index (χ4n) is 2.92. The lowest BCUT2D eigenvalue weighted by molar-refractivity contribution is 0.276. The molecule has 0 fully saturated rings. The first kappa shape index (κ1) is 22.0. The van der Waals surface area contributed by atoms with E-state index in [9.17, 15) is 0 Å². The number of rotatable bonds is 10. The summed E-state index contributed by atoms with van der Waals surface area (Å²) in [5, 5.41) is 7.75. The van der Waals surface area contributed by atoms with Crippen molar-refractivity contribution in [3.8, 4) is 28.6 Å². The molecule has 9 heteroatoms. The van der Waals surface area contributed by atoms with Gasteiger partial charge in [-0.05, 0) is 49.3 Å². The van der Waals surface area contributed by atoms with Gasteiger partial charge in [-0.25, -0.2) is 9.77 Å². The lowest BCUT2D eigenvalue weighted by Gasteiger charge is -2.16. The summed E-state index contributed by atoms with van der Waals surface area (Å²) in [5.41, 5.74) is 4.94. The first-order valence-corrected chi connectivity index (χ1v) is 10.5. The summed E-state index contributed by atoms with van der Waals surface area (Å²) in [7, 11) is 1.62. The summed E-state index contributed by atoms with van der Waals surface area (Å²) in [6.45, 7) is 5.51. The van der Waals surface area contributed by atoms with Gasteiger partial charge in [0.1, 0.15) is 5.75 Å². The van der Waals surface area contributed by atoms with Crippen molar-refractivity contribution in [2.24, 2.45) is 0 Å². The number of H-pyrrole nitrogens is 1. The summed E-state index contributed by atoms with van der Waals surface area (Å²) in [4.78, 5) is 0. The van der Waals surface area contributed by atoms with Crippen LogP contribution in [0.25, 0.3) is 11.4 Å². The van der Waals surface area contributed by atoms with Crippen LogP contribution in [0.5, 0.6) is 17.2 Å². The average Bonchev–Trinajstić information content (AvgIpc) is 3.12. The predicted octanol–water partition coefficient (Wildman–Crippen LogP) is 5.20. The van der Waals surface area contributed by atoms with Crippen LogP contribution in [-0.4, -0.2) is 35.2 Å². The van der Waals surface area contributed by atoms with Gasteiger partial charge in [0, 0.05) is 11.1 Å². The Morgan fingerprint density at radius 3 is 2.63 bits per heavy atom.